The molecule has 1 aliphatic heterocycles. The van der Waals surface area contributed by atoms with Crippen LogP contribution in [0.2, 0.25) is 0 Å². The Bertz CT molecular complexity index is 1560. The molecule has 4 aromatic rings. The number of amides is 2. The molecule has 10 bridgehead atoms. The number of hydrogen-bond donors (Lipinski definition) is 6. The molecule has 2 amide bonds. The van der Waals surface area contributed by atoms with Gasteiger partial charge in [-0.25, -0.2) is 0 Å². The number of carbonyl (C=O) groups is 2. The zero-order chi connectivity index (χ0) is 33.3. The van der Waals surface area contributed by atoms with Gasteiger partial charge in [-0.05, 0) is 44.5 Å². The minimum atomic E-state index is -0.243. The van der Waals surface area contributed by atoms with E-state index in [1.54, 1.807) is 0 Å². The fourth-order valence-corrected chi connectivity index (χ4v) is 6.27. The van der Waals surface area contributed by atoms with Crippen molar-refractivity contribution < 1.29 is 29.3 Å². The van der Waals surface area contributed by atoms with Gasteiger partial charge in [-0.15, -0.1) is 0 Å². The molecular weight excluding hydrogens is 608 g/mol. The topological polar surface area (TPSA) is 141 Å². The molecule has 0 unspecified atom stereocenters. The van der Waals surface area contributed by atoms with Gasteiger partial charge in [0.25, 0.3) is 11.8 Å². The van der Waals surface area contributed by atoms with Gasteiger partial charge in [0, 0.05) is 65.0 Å². The fraction of sp³-hybridized carbons (Fsp3) is 0.316. The summed E-state index contributed by atoms with van der Waals surface area (Å²) in [4.78, 5) is 25.7. The van der Waals surface area contributed by atoms with E-state index < -0.39 is 0 Å². The molecule has 10 heteroatoms. The third-order valence-corrected chi connectivity index (χ3v) is 8.71. The van der Waals surface area contributed by atoms with Crippen LogP contribution in [0.5, 0.6) is 23.0 Å². The van der Waals surface area contributed by atoms with Gasteiger partial charge in [0.1, 0.15) is 23.0 Å². The Morgan fingerprint density at radius 3 is 1.06 bits per heavy atom. The molecule has 10 nitrogen and oxygen atoms in total. The monoisotopic (exact) mass is 650 g/mol. The van der Waals surface area contributed by atoms with Crippen LogP contribution in [-0.2, 0) is 35.3 Å². The number of benzene rings is 4. The van der Waals surface area contributed by atoms with Gasteiger partial charge in [-0.3, -0.25) is 9.59 Å². The zero-order valence-corrected chi connectivity index (χ0v) is 26.9. The minimum Gasteiger partial charge on any atom is -0.507 e. The van der Waals surface area contributed by atoms with Crippen molar-refractivity contribution in [3.63, 3.8) is 0 Å². The molecule has 0 fully saturated rings. The highest BCUT2D eigenvalue weighted by Gasteiger charge is 2.21. The molecule has 0 radical (unpaired) electrons. The van der Waals surface area contributed by atoms with Crippen LogP contribution in [-0.4, -0.2) is 74.5 Å². The van der Waals surface area contributed by atoms with Crippen LogP contribution in [0.1, 0.15) is 44.5 Å². The van der Waals surface area contributed by atoms with Crippen molar-refractivity contribution in [3.05, 3.63) is 117 Å². The summed E-state index contributed by atoms with van der Waals surface area (Å²) >= 11 is 0. The lowest BCUT2D eigenvalue weighted by Crippen LogP contribution is -2.39. The van der Waals surface area contributed by atoms with Gasteiger partial charge in [-0.2, -0.15) is 0 Å². The Morgan fingerprint density at radius 2 is 0.729 bits per heavy atom. The summed E-state index contributed by atoms with van der Waals surface area (Å²) in [6.45, 7) is 3.15. The highest BCUT2D eigenvalue weighted by molar-refractivity contribution is 5.78. The normalized spacial score (nSPS) is 16.5. The Labute approximate surface area is 280 Å². The summed E-state index contributed by atoms with van der Waals surface area (Å²) in [5.41, 5.74) is 6.08. The lowest BCUT2D eigenvalue weighted by Gasteiger charge is -2.20. The third-order valence-electron chi connectivity index (χ3n) is 8.71. The van der Waals surface area contributed by atoms with E-state index >= 15 is 0 Å². The first-order valence-electron chi connectivity index (χ1n) is 16.5. The molecule has 0 saturated heterocycles. The quantitative estimate of drug-likeness (QED) is 0.150. The first-order chi connectivity index (χ1) is 23.5. The van der Waals surface area contributed by atoms with Crippen molar-refractivity contribution in [2.45, 2.75) is 25.7 Å². The van der Waals surface area contributed by atoms with Gasteiger partial charge in [0.15, 0.2) is 13.2 Å². The van der Waals surface area contributed by atoms with E-state index in [1.165, 1.54) is 0 Å². The highest BCUT2D eigenvalue weighted by atomic mass is 16.5. The summed E-state index contributed by atoms with van der Waals surface area (Å²) in [6, 6.07) is 23.0. The van der Waals surface area contributed by atoms with Crippen molar-refractivity contribution in [3.8, 4) is 23.0 Å². The number of phenols is 2. The number of hydrogen-bond acceptors (Lipinski definition) is 8. The van der Waals surface area contributed by atoms with E-state index in [-0.39, 0.29) is 36.5 Å². The van der Waals surface area contributed by atoms with E-state index in [1.807, 2.05) is 72.8 Å². The second-order valence-electron chi connectivity index (χ2n) is 12.1. The number of nitrogens with one attached hydrogen (secondary N) is 4. The maximum Gasteiger partial charge on any atom is 0.257 e. The molecule has 0 atom stereocenters. The maximum atomic E-state index is 12.8. The number of carbonyl (C=O) groups excluding carboxylic acids is 2. The lowest BCUT2D eigenvalue weighted by atomic mass is 9.91. The van der Waals surface area contributed by atoms with E-state index in [0.717, 1.165) is 22.3 Å². The van der Waals surface area contributed by atoms with E-state index in [2.05, 4.69) is 21.3 Å². The Balaban J connectivity index is 1.45. The highest BCUT2D eigenvalue weighted by Crippen LogP contribution is 2.38. The average molecular weight is 651 g/mol. The van der Waals surface area contributed by atoms with Crippen molar-refractivity contribution in [2.24, 2.45) is 0 Å². The molecule has 1 heterocycles. The number of para-hydroxylation sites is 4. The Kier molecular flexibility index (Phi) is 10.7. The number of ether oxygens (including phenoxy) is 2. The summed E-state index contributed by atoms with van der Waals surface area (Å²) in [5.74, 6) is 0.967. The van der Waals surface area contributed by atoms with E-state index in [0.29, 0.717) is 98.7 Å². The summed E-state index contributed by atoms with van der Waals surface area (Å²) < 4.78 is 12.5. The molecule has 6 N–H and O–H groups in total. The summed E-state index contributed by atoms with van der Waals surface area (Å²) in [5, 5.41) is 35.5. The molecule has 250 valence electrons. The molecule has 0 saturated carbocycles. The maximum absolute atomic E-state index is 12.8. The van der Waals surface area contributed by atoms with Crippen LogP contribution in [0.25, 0.3) is 0 Å². The molecule has 48 heavy (non-hydrogen) atoms. The van der Waals surface area contributed by atoms with Crippen LogP contribution in [0.3, 0.4) is 0 Å². The number of phenolic OH excluding ortho intramolecular Hbond substituents is 2. The first kappa shape index (κ1) is 32.9. The third kappa shape index (κ3) is 8.07. The van der Waals surface area contributed by atoms with Crippen molar-refractivity contribution >= 4 is 11.8 Å². The Morgan fingerprint density at radius 1 is 0.438 bits per heavy atom. The fourth-order valence-electron chi connectivity index (χ4n) is 6.27. The molecule has 2 aliphatic rings. The van der Waals surface area contributed by atoms with Crippen molar-refractivity contribution in [1.82, 2.24) is 21.3 Å². The SMILES string of the molecule is O=C1COc2c3cccc2Cc2cccc(c2O)Cc2cccc(c2OCC(=O)NCCNCCNCCN1)Cc1cccc(c1O)C3. The van der Waals surface area contributed by atoms with E-state index in [4.69, 9.17) is 9.47 Å². The summed E-state index contributed by atoms with van der Waals surface area (Å²) in [7, 11) is 0. The lowest BCUT2D eigenvalue weighted by molar-refractivity contribution is -0.123. The molecular formula is C38H42N4O6. The van der Waals surface area contributed by atoms with E-state index in [9.17, 15) is 19.8 Å². The molecule has 6 rings (SSSR count). The average Bonchev–Trinajstić information content (AvgIpc) is 3.07. The van der Waals surface area contributed by atoms with Crippen LogP contribution < -0.4 is 30.7 Å². The van der Waals surface area contributed by atoms with Crippen LogP contribution >= 0.6 is 0 Å². The molecule has 4 aromatic carbocycles. The molecule has 0 spiro atoms. The predicted octanol–water partition coefficient (Wildman–Crippen LogP) is 2.96. The van der Waals surface area contributed by atoms with Gasteiger partial charge in [-0.1, -0.05) is 72.8 Å². The second-order valence-corrected chi connectivity index (χ2v) is 12.1. The second kappa shape index (κ2) is 15.7. The van der Waals surface area contributed by atoms with Crippen molar-refractivity contribution in [1.29, 1.82) is 0 Å². The standard InChI is InChI=1S/C38H42N4O6/c43-33-23-47-37-29-9-3-11-31(37)21-27-7-2-8-28(36(27)46)22-32-12-4-10-30(20-26-6-1-5-25(19-29)35(26)45)38(32)48-24-34(44)42-18-16-40-14-13-39-15-17-41-33/h1-12,39-40,45-46H,13-24H2,(H,41,43)(H,42,44). The first-order valence-corrected chi connectivity index (χ1v) is 16.5. The summed E-state index contributed by atoms with van der Waals surface area (Å²) in [6.07, 6.45) is 1.44. The smallest absolute Gasteiger partial charge is 0.257 e. The van der Waals surface area contributed by atoms with Gasteiger partial charge < -0.3 is 41.0 Å². The predicted molar refractivity (Wildman–Crippen MR) is 183 cm³/mol. The number of aromatic hydroxyl groups is 2. The number of fused-ring (bicyclic) bond motifs is 2. The minimum absolute atomic E-state index is 0.168. The van der Waals surface area contributed by atoms with Gasteiger partial charge in [0.05, 0.1) is 0 Å². The van der Waals surface area contributed by atoms with Crippen LogP contribution in [0.4, 0.5) is 0 Å². The van der Waals surface area contributed by atoms with Crippen LogP contribution in [0.15, 0.2) is 72.8 Å². The largest absolute Gasteiger partial charge is 0.507 e. The molecule has 1 aliphatic carbocycles. The molecule has 0 aromatic heterocycles. The van der Waals surface area contributed by atoms with Crippen LogP contribution in [0, 0.1) is 0 Å². The van der Waals surface area contributed by atoms with Gasteiger partial charge in [0.2, 0.25) is 0 Å². The number of rotatable bonds is 0. The Hall–Kier alpha value is -5.06. The van der Waals surface area contributed by atoms with Gasteiger partial charge >= 0.3 is 0 Å². The zero-order valence-electron chi connectivity index (χ0n) is 26.9. The van der Waals surface area contributed by atoms with Crippen molar-refractivity contribution in [2.75, 3.05) is 52.5 Å².